The van der Waals surface area contributed by atoms with Gasteiger partial charge in [-0.3, -0.25) is 9.59 Å². The summed E-state index contributed by atoms with van der Waals surface area (Å²) in [7, 11) is 0. The van der Waals surface area contributed by atoms with Crippen LogP contribution in [0.5, 0.6) is 0 Å². The van der Waals surface area contributed by atoms with Gasteiger partial charge in [0, 0.05) is 41.8 Å². The van der Waals surface area contributed by atoms with Gasteiger partial charge >= 0.3 is 6.09 Å². The van der Waals surface area contributed by atoms with E-state index in [1.807, 2.05) is 68.6 Å². The number of para-hydroxylation sites is 1. The Morgan fingerprint density at radius 1 is 1.03 bits per heavy atom. The highest BCUT2D eigenvalue weighted by Crippen LogP contribution is 2.33. The summed E-state index contributed by atoms with van der Waals surface area (Å²) in [5, 5.41) is 19.1. The lowest BCUT2D eigenvalue weighted by atomic mass is 9.81. The van der Waals surface area contributed by atoms with Crippen LogP contribution >= 0.6 is 0 Å². The van der Waals surface area contributed by atoms with Gasteiger partial charge in [0.25, 0.3) is 0 Å². The summed E-state index contributed by atoms with van der Waals surface area (Å²) < 4.78 is 0. The van der Waals surface area contributed by atoms with E-state index in [9.17, 15) is 19.5 Å². The van der Waals surface area contributed by atoms with Crippen LogP contribution in [-0.4, -0.2) is 40.0 Å². The van der Waals surface area contributed by atoms with Crippen molar-refractivity contribution < 1.29 is 19.5 Å². The van der Waals surface area contributed by atoms with Gasteiger partial charge in [0.2, 0.25) is 5.91 Å². The molecular formula is C28H34N4O4. The van der Waals surface area contributed by atoms with Crippen molar-refractivity contribution in [1.82, 2.24) is 20.9 Å². The molecule has 3 rings (SSSR count). The summed E-state index contributed by atoms with van der Waals surface area (Å²) in [5.74, 6) is -0.841. The fraction of sp³-hybridized carbons (Fsp3) is 0.321. The molecule has 5 N–H and O–H groups in total. The second-order valence-electron chi connectivity index (χ2n) is 9.21. The Labute approximate surface area is 211 Å². The standard InChI is InChI=1S/C28H34N4O4/c1-18(15-19(2)33)30-16-22-10-6-5-9-21(22)13-14-29-26(34)28(4,32-27(35)36)20(3)24-17-31-25-12-8-7-11-23(24)25/h5-12,15,17,20,30-32H,13-14,16H2,1-4H3,(H,29,34)(H,35,36). The number of carboxylic acid groups (broad SMARTS) is 1. The normalized spacial score (nSPS) is 14.1. The second kappa shape index (κ2) is 11.6. The van der Waals surface area contributed by atoms with E-state index in [0.717, 1.165) is 33.3 Å². The molecule has 0 aliphatic heterocycles. The summed E-state index contributed by atoms with van der Waals surface area (Å²) in [6.45, 7) is 7.71. The number of allylic oxidation sites excluding steroid dienone is 2. The molecule has 36 heavy (non-hydrogen) atoms. The Balaban J connectivity index is 1.71. The van der Waals surface area contributed by atoms with Crippen LogP contribution in [0.2, 0.25) is 0 Å². The van der Waals surface area contributed by atoms with Crippen LogP contribution in [0.1, 0.15) is 50.3 Å². The quantitative estimate of drug-likeness (QED) is 0.257. The van der Waals surface area contributed by atoms with Crippen molar-refractivity contribution in [1.29, 1.82) is 0 Å². The van der Waals surface area contributed by atoms with E-state index in [1.54, 1.807) is 13.0 Å². The van der Waals surface area contributed by atoms with E-state index in [2.05, 4.69) is 20.9 Å². The number of ketones is 1. The van der Waals surface area contributed by atoms with Gasteiger partial charge in [0.1, 0.15) is 5.54 Å². The number of benzene rings is 2. The predicted molar refractivity (Wildman–Crippen MR) is 141 cm³/mol. The van der Waals surface area contributed by atoms with Crippen LogP contribution < -0.4 is 16.0 Å². The molecule has 2 aromatic carbocycles. The Morgan fingerprint density at radius 3 is 2.39 bits per heavy atom. The SMILES string of the molecule is CC(=O)C=C(C)NCc1ccccc1CCNC(=O)C(C)(NC(=O)O)C(C)c1c[nH]c2ccccc12. The molecule has 0 aliphatic rings. The van der Waals surface area contributed by atoms with E-state index < -0.39 is 23.5 Å². The minimum atomic E-state index is -1.38. The van der Waals surface area contributed by atoms with Gasteiger partial charge in [-0.2, -0.15) is 0 Å². The molecule has 2 atom stereocenters. The fourth-order valence-corrected chi connectivity index (χ4v) is 4.41. The minimum absolute atomic E-state index is 0.0177. The number of carbonyl (C=O) groups excluding carboxylic acids is 2. The van der Waals surface area contributed by atoms with Gasteiger partial charge in [-0.05, 0) is 56.0 Å². The molecule has 190 valence electrons. The highest BCUT2D eigenvalue weighted by atomic mass is 16.4. The average Bonchev–Trinajstić information content (AvgIpc) is 3.26. The zero-order chi connectivity index (χ0) is 26.3. The molecule has 0 saturated carbocycles. The zero-order valence-corrected chi connectivity index (χ0v) is 21.1. The van der Waals surface area contributed by atoms with Crippen molar-refractivity contribution >= 4 is 28.7 Å². The summed E-state index contributed by atoms with van der Waals surface area (Å²) in [6, 6.07) is 15.6. The Kier molecular flexibility index (Phi) is 8.53. The van der Waals surface area contributed by atoms with E-state index in [1.165, 1.54) is 6.92 Å². The van der Waals surface area contributed by atoms with Crippen LogP contribution in [0.4, 0.5) is 4.79 Å². The topological polar surface area (TPSA) is 123 Å². The predicted octanol–water partition coefficient (Wildman–Crippen LogP) is 4.24. The zero-order valence-electron chi connectivity index (χ0n) is 21.1. The van der Waals surface area contributed by atoms with Crippen LogP contribution in [0.25, 0.3) is 10.9 Å². The average molecular weight is 491 g/mol. The molecule has 1 aromatic heterocycles. The van der Waals surface area contributed by atoms with Crippen molar-refractivity contribution in [2.75, 3.05) is 6.54 Å². The van der Waals surface area contributed by atoms with Crippen molar-refractivity contribution in [3.8, 4) is 0 Å². The first-order chi connectivity index (χ1) is 17.1. The third-order valence-electron chi connectivity index (χ3n) is 6.57. The number of hydrogen-bond acceptors (Lipinski definition) is 4. The molecule has 0 aliphatic carbocycles. The fourth-order valence-electron chi connectivity index (χ4n) is 4.41. The van der Waals surface area contributed by atoms with Gasteiger partial charge in [0.15, 0.2) is 5.78 Å². The number of hydrogen-bond donors (Lipinski definition) is 5. The summed E-state index contributed by atoms with van der Waals surface area (Å²) in [6.07, 6.45) is 2.69. The van der Waals surface area contributed by atoms with Crippen molar-refractivity contribution in [3.05, 3.63) is 83.2 Å². The molecule has 0 radical (unpaired) electrons. The summed E-state index contributed by atoms with van der Waals surface area (Å²) >= 11 is 0. The number of rotatable bonds is 11. The second-order valence-corrected chi connectivity index (χ2v) is 9.21. The molecule has 3 aromatic rings. The number of aromatic amines is 1. The Morgan fingerprint density at radius 2 is 1.69 bits per heavy atom. The van der Waals surface area contributed by atoms with Crippen LogP contribution in [0.15, 0.2) is 66.5 Å². The lowest BCUT2D eigenvalue weighted by Gasteiger charge is -2.34. The highest BCUT2D eigenvalue weighted by Gasteiger charge is 2.42. The molecule has 1 heterocycles. The lowest BCUT2D eigenvalue weighted by Crippen LogP contribution is -2.59. The summed E-state index contributed by atoms with van der Waals surface area (Å²) in [5.41, 5.74) is 3.30. The van der Waals surface area contributed by atoms with Gasteiger partial charge < -0.3 is 26.0 Å². The minimum Gasteiger partial charge on any atom is -0.465 e. The first kappa shape index (κ1) is 26.5. The number of amides is 2. The van der Waals surface area contributed by atoms with Gasteiger partial charge in [-0.15, -0.1) is 0 Å². The Bertz CT molecular complexity index is 1280. The molecule has 8 heteroatoms. The first-order valence-electron chi connectivity index (χ1n) is 12.0. The van der Waals surface area contributed by atoms with Crippen LogP contribution in [0, 0.1) is 0 Å². The number of fused-ring (bicyclic) bond motifs is 1. The Hall–Kier alpha value is -4.07. The molecule has 0 saturated heterocycles. The monoisotopic (exact) mass is 490 g/mol. The smallest absolute Gasteiger partial charge is 0.405 e. The van der Waals surface area contributed by atoms with E-state index in [0.29, 0.717) is 19.5 Å². The molecule has 0 bridgehead atoms. The van der Waals surface area contributed by atoms with Gasteiger partial charge in [0.05, 0.1) is 0 Å². The van der Waals surface area contributed by atoms with Crippen molar-refractivity contribution in [2.45, 2.75) is 52.1 Å². The molecular weight excluding hydrogens is 456 g/mol. The van der Waals surface area contributed by atoms with Gasteiger partial charge in [-0.1, -0.05) is 49.4 Å². The number of carbonyl (C=O) groups is 3. The number of H-pyrrole nitrogens is 1. The largest absolute Gasteiger partial charge is 0.465 e. The van der Waals surface area contributed by atoms with Crippen LogP contribution in [-0.2, 0) is 22.6 Å². The molecule has 8 nitrogen and oxygen atoms in total. The number of aromatic nitrogens is 1. The van der Waals surface area contributed by atoms with Crippen molar-refractivity contribution in [2.24, 2.45) is 0 Å². The van der Waals surface area contributed by atoms with Gasteiger partial charge in [-0.25, -0.2) is 4.79 Å². The molecule has 2 unspecified atom stereocenters. The highest BCUT2D eigenvalue weighted by molar-refractivity contribution is 5.92. The lowest BCUT2D eigenvalue weighted by molar-refractivity contribution is -0.127. The molecule has 0 fully saturated rings. The first-order valence-corrected chi connectivity index (χ1v) is 12.0. The molecule has 0 spiro atoms. The molecule has 2 amide bonds. The summed E-state index contributed by atoms with van der Waals surface area (Å²) in [4.78, 5) is 39.5. The maximum atomic E-state index is 13.4. The van der Waals surface area contributed by atoms with Crippen molar-refractivity contribution in [3.63, 3.8) is 0 Å². The van der Waals surface area contributed by atoms with E-state index in [-0.39, 0.29) is 5.78 Å². The van der Waals surface area contributed by atoms with E-state index >= 15 is 0 Å². The van der Waals surface area contributed by atoms with E-state index in [4.69, 9.17) is 0 Å². The third kappa shape index (κ3) is 6.33. The number of nitrogens with one attached hydrogen (secondary N) is 4. The maximum Gasteiger partial charge on any atom is 0.405 e. The maximum absolute atomic E-state index is 13.4. The third-order valence-corrected chi connectivity index (χ3v) is 6.57. The van der Waals surface area contributed by atoms with Crippen LogP contribution in [0.3, 0.4) is 0 Å².